The molecule has 47 heavy (non-hydrogen) atoms. The molecule has 5 heteroatoms. The Morgan fingerprint density at radius 2 is 0.766 bits per heavy atom. The molecule has 0 aromatic carbocycles. The Morgan fingerprint density at radius 1 is 0.468 bits per heavy atom. The van der Waals surface area contributed by atoms with Gasteiger partial charge in [0.05, 0.1) is 21.1 Å². The van der Waals surface area contributed by atoms with Crippen LogP contribution in [0.4, 0.5) is 0 Å². The highest BCUT2D eigenvalue weighted by Gasteiger charge is 2.10. The van der Waals surface area contributed by atoms with Crippen molar-refractivity contribution >= 4 is 23.5 Å². The third-order valence-electron chi connectivity index (χ3n) is 9.28. The molecule has 1 aromatic rings. The lowest BCUT2D eigenvalue weighted by Gasteiger charge is -2.23. The Labute approximate surface area is 303 Å². The van der Waals surface area contributed by atoms with Crippen LogP contribution in [0.5, 0.6) is 5.75 Å². The van der Waals surface area contributed by atoms with Gasteiger partial charge in [0.2, 0.25) is 0 Å². The van der Waals surface area contributed by atoms with Crippen molar-refractivity contribution in [3.63, 3.8) is 0 Å². The first-order valence-corrected chi connectivity index (χ1v) is 22.6. The van der Waals surface area contributed by atoms with Crippen LogP contribution >= 0.6 is 23.5 Å². The van der Waals surface area contributed by atoms with E-state index in [1.165, 1.54) is 180 Å². The minimum Gasteiger partial charge on any atom is -0.488 e. The minimum atomic E-state index is 0.750. The second kappa shape index (κ2) is 32.8. The molecule has 0 atom stereocenters. The molecule has 0 aliphatic rings. The van der Waals surface area contributed by atoms with E-state index in [9.17, 15) is 0 Å². The number of likely N-dealkylation sites (N-methyl/N-ethyl adjacent to an activating group) is 1. The number of ether oxygens (including phenoxy) is 1. The summed E-state index contributed by atoms with van der Waals surface area (Å²) in [6.07, 6.45) is 39.6. The maximum atomic E-state index is 6.24. The molecule has 3 nitrogen and oxygen atoms in total. The van der Waals surface area contributed by atoms with Gasteiger partial charge in [0, 0.05) is 12.1 Å². The number of hydrogen-bond acceptors (Lipinski definition) is 4. The Hall–Kier alpha value is -0.390. The van der Waals surface area contributed by atoms with Gasteiger partial charge in [-0.3, -0.25) is 0 Å². The van der Waals surface area contributed by atoms with Crippen LogP contribution in [-0.4, -0.2) is 55.3 Å². The average molecular weight is 694 g/mol. The molecule has 0 spiro atoms. The highest BCUT2D eigenvalue weighted by Crippen LogP contribution is 2.29. The number of hydrogen-bond donors (Lipinski definition) is 0. The van der Waals surface area contributed by atoms with E-state index in [4.69, 9.17) is 9.72 Å². The van der Waals surface area contributed by atoms with Gasteiger partial charge in [0.1, 0.15) is 29.0 Å². The van der Waals surface area contributed by atoms with Crippen LogP contribution in [0.1, 0.15) is 194 Å². The van der Waals surface area contributed by atoms with Gasteiger partial charge in [-0.25, -0.2) is 4.98 Å². The van der Waals surface area contributed by atoms with Gasteiger partial charge in [-0.2, -0.15) is 0 Å². The molecule has 1 aromatic heterocycles. The van der Waals surface area contributed by atoms with Crippen LogP contribution in [0, 0.1) is 0 Å². The van der Waals surface area contributed by atoms with Crippen molar-refractivity contribution in [3.05, 3.63) is 12.1 Å². The Bertz CT molecular complexity index is 745. The van der Waals surface area contributed by atoms with Gasteiger partial charge in [-0.15, -0.1) is 23.5 Å². The van der Waals surface area contributed by atoms with Gasteiger partial charge in [-0.05, 0) is 24.3 Å². The summed E-state index contributed by atoms with van der Waals surface area (Å²) in [4.78, 5) is 5.04. The third kappa shape index (κ3) is 31.3. The summed E-state index contributed by atoms with van der Waals surface area (Å²) in [6.45, 7) is 6.36. The number of unbranched alkanes of at least 4 members (excludes halogenated alkanes) is 26. The Morgan fingerprint density at radius 3 is 1.06 bits per heavy atom. The topological polar surface area (TPSA) is 22.1 Å². The lowest BCUT2D eigenvalue weighted by Crippen LogP contribution is -2.38. The molecule has 1 rings (SSSR count). The monoisotopic (exact) mass is 694 g/mol. The molecular weight excluding hydrogens is 613 g/mol. The molecule has 0 aliphatic heterocycles. The van der Waals surface area contributed by atoms with E-state index in [0.29, 0.717) is 0 Å². The summed E-state index contributed by atoms with van der Waals surface area (Å²) in [5, 5.41) is 2.29. The highest BCUT2D eigenvalue weighted by molar-refractivity contribution is 7.99. The number of quaternary nitrogens is 1. The number of thioether (sulfide) groups is 2. The summed E-state index contributed by atoms with van der Waals surface area (Å²) in [7, 11) is 6.68. The Kier molecular flexibility index (Phi) is 31.1. The third-order valence-corrected chi connectivity index (χ3v) is 11.3. The predicted octanol–water partition coefficient (Wildman–Crippen LogP) is 14.3. The van der Waals surface area contributed by atoms with E-state index in [0.717, 1.165) is 44.9 Å². The molecule has 1 heterocycles. The molecule has 276 valence electrons. The number of aromatic nitrogens is 1. The Balaban J connectivity index is 2.21. The number of rotatable bonds is 36. The fourth-order valence-corrected chi connectivity index (χ4v) is 7.97. The summed E-state index contributed by atoms with van der Waals surface area (Å²) in [5.74, 6) is 3.33. The number of pyridine rings is 1. The van der Waals surface area contributed by atoms with E-state index >= 15 is 0 Å². The van der Waals surface area contributed by atoms with Crippen molar-refractivity contribution in [3.8, 4) is 5.75 Å². The smallest absolute Gasteiger partial charge is 0.137 e. The molecular formula is C42H81N2OS2+. The normalized spacial score (nSPS) is 11.9. The summed E-state index contributed by atoms with van der Waals surface area (Å²) < 4.78 is 7.16. The molecule has 0 saturated carbocycles. The first-order chi connectivity index (χ1) is 22.9. The van der Waals surface area contributed by atoms with Gasteiger partial charge in [0.15, 0.2) is 0 Å². The van der Waals surface area contributed by atoms with Crippen LogP contribution in [0.15, 0.2) is 22.2 Å². The largest absolute Gasteiger partial charge is 0.488 e. The minimum absolute atomic E-state index is 0.750. The van der Waals surface area contributed by atoms with E-state index in [2.05, 4.69) is 47.1 Å². The first kappa shape index (κ1) is 44.6. The van der Waals surface area contributed by atoms with Crippen LogP contribution < -0.4 is 4.74 Å². The maximum Gasteiger partial charge on any atom is 0.137 e. The lowest BCUT2D eigenvalue weighted by atomic mass is 10.0. The van der Waals surface area contributed by atoms with Crippen molar-refractivity contribution < 1.29 is 9.22 Å². The van der Waals surface area contributed by atoms with E-state index in [-0.39, 0.29) is 0 Å². The second-order valence-electron chi connectivity index (χ2n) is 15.2. The zero-order valence-electron chi connectivity index (χ0n) is 32.4. The standard InChI is InChI=1S/C42H81N2OS2/c1-6-8-10-12-14-16-18-20-22-24-26-28-30-32-36-46-41-38-40(45-35-34-44(3,4)5)39-42(43-41)47-37-33-31-29-27-25-23-21-19-17-15-13-11-9-7-2/h38-39H,6-37H2,1-5H3/q+1. The molecule has 0 bridgehead atoms. The van der Waals surface area contributed by atoms with Crippen LogP contribution in [0.25, 0.3) is 0 Å². The summed E-state index contributed by atoms with van der Waals surface area (Å²) in [5.41, 5.74) is 0. The van der Waals surface area contributed by atoms with Crippen LogP contribution in [0.2, 0.25) is 0 Å². The molecule has 0 fully saturated rings. The zero-order valence-corrected chi connectivity index (χ0v) is 34.0. The quantitative estimate of drug-likeness (QED) is 0.0396. The fourth-order valence-electron chi connectivity index (χ4n) is 6.07. The van der Waals surface area contributed by atoms with Gasteiger partial charge >= 0.3 is 0 Å². The van der Waals surface area contributed by atoms with E-state index in [1.54, 1.807) is 0 Å². The van der Waals surface area contributed by atoms with Crippen molar-refractivity contribution in [2.24, 2.45) is 0 Å². The predicted molar refractivity (Wildman–Crippen MR) is 215 cm³/mol. The highest BCUT2D eigenvalue weighted by atomic mass is 32.2. The first-order valence-electron chi connectivity index (χ1n) is 20.7. The van der Waals surface area contributed by atoms with Gasteiger partial charge in [-0.1, -0.05) is 181 Å². The lowest BCUT2D eigenvalue weighted by molar-refractivity contribution is -0.870. The van der Waals surface area contributed by atoms with Crippen molar-refractivity contribution in [2.75, 3.05) is 45.8 Å². The second-order valence-corrected chi connectivity index (χ2v) is 17.5. The summed E-state index contributed by atoms with van der Waals surface area (Å²) >= 11 is 3.85. The number of nitrogens with zero attached hydrogens (tertiary/aromatic N) is 2. The van der Waals surface area contributed by atoms with Crippen LogP contribution in [-0.2, 0) is 0 Å². The average Bonchev–Trinajstić information content (AvgIpc) is 3.04. The molecule has 0 unspecified atom stereocenters. The van der Waals surface area contributed by atoms with Crippen molar-refractivity contribution in [1.82, 2.24) is 4.98 Å². The van der Waals surface area contributed by atoms with Gasteiger partial charge < -0.3 is 9.22 Å². The van der Waals surface area contributed by atoms with Gasteiger partial charge in [0.25, 0.3) is 0 Å². The molecule has 0 radical (unpaired) electrons. The maximum absolute atomic E-state index is 6.24. The van der Waals surface area contributed by atoms with Crippen molar-refractivity contribution in [1.29, 1.82) is 0 Å². The fraction of sp³-hybridized carbons (Fsp3) is 0.881. The SMILES string of the molecule is CCCCCCCCCCCCCCCCSc1cc(OCC[N+](C)(C)C)cc(SCCCCCCCCCCCCCCCC)n1. The molecule has 0 aliphatic carbocycles. The van der Waals surface area contributed by atoms with E-state index < -0.39 is 0 Å². The van der Waals surface area contributed by atoms with Crippen LogP contribution in [0.3, 0.4) is 0 Å². The van der Waals surface area contributed by atoms with E-state index in [1.807, 2.05) is 23.5 Å². The molecule has 0 N–H and O–H groups in total. The van der Waals surface area contributed by atoms with Crippen molar-refractivity contribution in [2.45, 2.75) is 204 Å². The molecule has 0 amide bonds. The molecule has 0 saturated heterocycles. The zero-order chi connectivity index (χ0) is 34.1. The summed E-state index contributed by atoms with van der Waals surface area (Å²) in [6, 6.07) is 4.36.